The van der Waals surface area contributed by atoms with Gasteiger partial charge in [0, 0.05) is 12.6 Å². The minimum Gasteiger partial charge on any atom is -0.468 e. The summed E-state index contributed by atoms with van der Waals surface area (Å²) in [5.74, 6) is 2.67. The fourth-order valence-corrected chi connectivity index (χ4v) is 3.33. The first-order valence-electron chi connectivity index (χ1n) is 7.69. The summed E-state index contributed by atoms with van der Waals surface area (Å²) >= 11 is 0. The molecule has 1 aromatic rings. The van der Waals surface area contributed by atoms with Gasteiger partial charge in [0.2, 0.25) is 0 Å². The molecule has 1 heterocycles. The number of furan rings is 1. The summed E-state index contributed by atoms with van der Waals surface area (Å²) in [4.78, 5) is 2.59. The van der Waals surface area contributed by atoms with E-state index in [1.807, 2.05) is 6.07 Å². The second-order valence-corrected chi connectivity index (χ2v) is 6.03. The molecule has 2 N–H and O–H groups in total. The van der Waals surface area contributed by atoms with E-state index in [1.165, 1.54) is 19.3 Å². The van der Waals surface area contributed by atoms with E-state index in [1.54, 1.807) is 6.26 Å². The van der Waals surface area contributed by atoms with Crippen LogP contribution in [0.5, 0.6) is 0 Å². The Morgan fingerprint density at radius 1 is 1.37 bits per heavy atom. The highest BCUT2D eigenvalue weighted by Crippen LogP contribution is 2.33. The van der Waals surface area contributed by atoms with E-state index in [9.17, 15) is 0 Å². The van der Waals surface area contributed by atoms with E-state index in [0.717, 1.165) is 43.7 Å². The van der Waals surface area contributed by atoms with Crippen LogP contribution in [0.4, 0.5) is 0 Å². The highest BCUT2D eigenvalue weighted by molar-refractivity contribution is 4.99. The van der Waals surface area contributed by atoms with Gasteiger partial charge in [0.1, 0.15) is 5.76 Å². The highest BCUT2D eigenvalue weighted by Gasteiger charge is 2.31. The van der Waals surface area contributed by atoms with Crippen LogP contribution in [0.15, 0.2) is 22.8 Å². The third-order valence-electron chi connectivity index (χ3n) is 4.72. The number of hydrogen-bond donors (Lipinski definition) is 1. The Kier molecular flexibility index (Phi) is 5.46. The Labute approximate surface area is 117 Å². The topological polar surface area (TPSA) is 42.4 Å². The fraction of sp³-hybridized carbons (Fsp3) is 0.750. The van der Waals surface area contributed by atoms with E-state index in [4.69, 9.17) is 10.2 Å². The van der Waals surface area contributed by atoms with Crippen molar-refractivity contribution in [1.29, 1.82) is 0 Å². The molecule has 0 aliphatic heterocycles. The third-order valence-corrected chi connectivity index (χ3v) is 4.72. The molecule has 2 rings (SSSR count). The van der Waals surface area contributed by atoms with Crippen molar-refractivity contribution in [2.45, 2.75) is 52.1 Å². The monoisotopic (exact) mass is 264 g/mol. The van der Waals surface area contributed by atoms with Gasteiger partial charge in [-0.3, -0.25) is 4.90 Å². The maximum atomic E-state index is 5.69. The fourth-order valence-electron chi connectivity index (χ4n) is 3.33. The molecule has 0 bridgehead atoms. The van der Waals surface area contributed by atoms with Crippen LogP contribution in [0.1, 0.15) is 45.3 Å². The van der Waals surface area contributed by atoms with Gasteiger partial charge in [-0.1, -0.05) is 26.7 Å². The second kappa shape index (κ2) is 7.11. The van der Waals surface area contributed by atoms with Crippen LogP contribution >= 0.6 is 0 Å². The number of rotatable bonds is 6. The Bertz CT molecular complexity index is 350. The van der Waals surface area contributed by atoms with E-state index in [-0.39, 0.29) is 0 Å². The van der Waals surface area contributed by atoms with Gasteiger partial charge in [-0.05, 0) is 43.4 Å². The molecule has 0 radical (unpaired) electrons. The Morgan fingerprint density at radius 3 is 2.89 bits per heavy atom. The van der Waals surface area contributed by atoms with Crippen molar-refractivity contribution in [2.24, 2.45) is 17.6 Å². The van der Waals surface area contributed by atoms with Gasteiger partial charge in [-0.25, -0.2) is 0 Å². The molecule has 1 aliphatic rings. The van der Waals surface area contributed by atoms with Crippen LogP contribution in [0, 0.1) is 11.8 Å². The molecule has 1 fully saturated rings. The maximum absolute atomic E-state index is 5.69. The first-order valence-corrected chi connectivity index (χ1v) is 7.69. The average Bonchev–Trinajstić information content (AvgIpc) is 2.91. The zero-order chi connectivity index (χ0) is 13.7. The summed E-state index contributed by atoms with van der Waals surface area (Å²) in [5, 5.41) is 0. The normalized spacial score (nSPS) is 27.9. The van der Waals surface area contributed by atoms with Crippen molar-refractivity contribution in [2.75, 3.05) is 13.1 Å². The van der Waals surface area contributed by atoms with Crippen molar-refractivity contribution in [3.05, 3.63) is 24.2 Å². The van der Waals surface area contributed by atoms with Crippen molar-refractivity contribution in [3.63, 3.8) is 0 Å². The van der Waals surface area contributed by atoms with Crippen molar-refractivity contribution < 1.29 is 4.42 Å². The van der Waals surface area contributed by atoms with Crippen LogP contribution in [0.2, 0.25) is 0 Å². The van der Waals surface area contributed by atoms with Crippen LogP contribution < -0.4 is 5.73 Å². The molecule has 0 aromatic carbocycles. The van der Waals surface area contributed by atoms with Crippen LogP contribution in [0.25, 0.3) is 0 Å². The van der Waals surface area contributed by atoms with Crippen molar-refractivity contribution >= 4 is 0 Å². The predicted molar refractivity (Wildman–Crippen MR) is 78.8 cm³/mol. The van der Waals surface area contributed by atoms with E-state index in [0.29, 0.717) is 6.04 Å². The highest BCUT2D eigenvalue weighted by atomic mass is 16.3. The zero-order valence-corrected chi connectivity index (χ0v) is 12.3. The lowest BCUT2D eigenvalue weighted by Crippen LogP contribution is -2.44. The van der Waals surface area contributed by atoms with Gasteiger partial charge in [-0.2, -0.15) is 0 Å². The molecule has 0 saturated heterocycles. The largest absolute Gasteiger partial charge is 0.468 e. The van der Waals surface area contributed by atoms with Gasteiger partial charge in [-0.15, -0.1) is 0 Å². The number of nitrogens with two attached hydrogens (primary N) is 1. The quantitative estimate of drug-likeness (QED) is 0.857. The molecule has 3 atom stereocenters. The van der Waals surface area contributed by atoms with Gasteiger partial charge in [0.15, 0.2) is 0 Å². The first kappa shape index (κ1) is 14.6. The Balaban J connectivity index is 2.02. The maximum Gasteiger partial charge on any atom is 0.117 e. The van der Waals surface area contributed by atoms with Gasteiger partial charge in [0.25, 0.3) is 0 Å². The zero-order valence-electron chi connectivity index (χ0n) is 12.3. The van der Waals surface area contributed by atoms with Crippen molar-refractivity contribution in [1.82, 2.24) is 4.90 Å². The molecule has 19 heavy (non-hydrogen) atoms. The molecule has 3 nitrogen and oxygen atoms in total. The van der Waals surface area contributed by atoms with Crippen LogP contribution in [-0.4, -0.2) is 24.0 Å². The standard InChI is InChI=1S/C16H28N2O/c1-13-6-3-8-16(14(13)2)18(10-5-9-17)12-15-7-4-11-19-15/h4,7,11,13-14,16H,3,5-6,8-10,12,17H2,1-2H3/t13-,14+,16-/m1/s1. The summed E-state index contributed by atoms with van der Waals surface area (Å²) in [5.41, 5.74) is 5.69. The summed E-state index contributed by atoms with van der Waals surface area (Å²) in [7, 11) is 0. The van der Waals surface area contributed by atoms with E-state index in [2.05, 4.69) is 24.8 Å². The molecular formula is C16H28N2O. The average molecular weight is 264 g/mol. The van der Waals surface area contributed by atoms with Gasteiger partial charge in [0.05, 0.1) is 12.8 Å². The van der Waals surface area contributed by atoms with Crippen LogP contribution in [0.3, 0.4) is 0 Å². The van der Waals surface area contributed by atoms with E-state index < -0.39 is 0 Å². The number of nitrogens with zero attached hydrogens (tertiary/aromatic N) is 1. The minimum atomic E-state index is 0.681. The predicted octanol–water partition coefficient (Wildman–Crippen LogP) is 3.26. The summed E-state index contributed by atoms with van der Waals surface area (Å²) in [6.45, 7) is 7.58. The first-order chi connectivity index (χ1) is 9.22. The Morgan fingerprint density at radius 2 is 2.21 bits per heavy atom. The lowest BCUT2D eigenvalue weighted by Gasteiger charge is -2.41. The smallest absolute Gasteiger partial charge is 0.117 e. The third kappa shape index (κ3) is 3.83. The van der Waals surface area contributed by atoms with Crippen LogP contribution in [-0.2, 0) is 6.54 Å². The lowest BCUT2D eigenvalue weighted by atomic mass is 9.77. The molecule has 3 heteroatoms. The SMILES string of the molecule is C[C@H]1[C@H](C)CCC[C@H]1N(CCCN)Cc1ccco1. The summed E-state index contributed by atoms with van der Waals surface area (Å²) in [6, 6.07) is 4.73. The summed E-state index contributed by atoms with van der Waals surface area (Å²) < 4.78 is 5.52. The van der Waals surface area contributed by atoms with Gasteiger partial charge >= 0.3 is 0 Å². The van der Waals surface area contributed by atoms with Crippen molar-refractivity contribution in [3.8, 4) is 0 Å². The Hall–Kier alpha value is -0.800. The molecule has 1 aromatic heterocycles. The molecule has 108 valence electrons. The second-order valence-electron chi connectivity index (χ2n) is 6.03. The summed E-state index contributed by atoms with van der Waals surface area (Å²) in [6.07, 6.45) is 6.88. The molecule has 0 unspecified atom stereocenters. The lowest BCUT2D eigenvalue weighted by molar-refractivity contribution is 0.0690. The molecule has 0 spiro atoms. The van der Waals surface area contributed by atoms with E-state index >= 15 is 0 Å². The van der Waals surface area contributed by atoms with Gasteiger partial charge < -0.3 is 10.2 Å². The molecule has 1 saturated carbocycles. The number of hydrogen-bond acceptors (Lipinski definition) is 3. The molecule has 0 amide bonds. The molecular weight excluding hydrogens is 236 g/mol. The minimum absolute atomic E-state index is 0.681. The molecule has 1 aliphatic carbocycles.